The molecule has 0 spiro atoms. The second-order valence-corrected chi connectivity index (χ2v) is 5.01. The highest BCUT2D eigenvalue weighted by Gasteiger charge is 2.13. The topological polar surface area (TPSA) is 57.9 Å². The molecule has 0 saturated carbocycles. The van der Waals surface area contributed by atoms with Gasteiger partial charge in [0.05, 0.1) is 6.07 Å². The molecule has 0 aliphatic rings. The first kappa shape index (κ1) is 8.24. The van der Waals surface area contributed by atoms with Crippen LogP contribution in [0.1, 0.15) is 0 Å². The highest BCUT2D eigenvalue weighted by atomic mass is 32.2. The van der Waals surface area contributed by atoms with Crippen LogP contribution in [0.15, 0.2) is 21.7 Å². The van der Waals surface area contributed by atoms with E-state index in [9.17, 15) is 8.42 Å². The van der Waals surface area contributed by atoms with Crippen LogP contribution in [0.4, 0.5) is 0 Å². The maximum atomic E-state index is 11.1. The Bertz CT molecular complexity index is 358. The normalized spacial score (nSPS) is 10.8. The van der Waals surface area contributed by atoms with Crippen LogP contribution < -0.4 is 0 Å². The molecule has 0 bridgehead atoms. The molecule has 3 nitrogen and oxygen atoms in total. The quantitative estimate of drug-likeness (QED) is 0.695. The Morgan fingerprint density at radius 1 is 1.64 bits per heavy atom. The molecule has 1 aromatic rings. The average Bonchev–Trinajstić information content (AvgIpc) is 2.37. The van der Waals surface area contributed by atoms with Crippen LogP contribution in [0.3, 0.4) is 0 Å². The Labute approximate surface area is 68.8 Å². The van der Waals surface area contributed by atoms with Crippen molar-refractivity contribution in [2.75, 3.05) is 5.75 Å². The maximum absolute atomic E-state index is 11.1. The van der Waals surface area contributed by atoms with Crippen LogP contribution >= 0.6 is 11.3 Å². The molecule has 11 heavy (non-hydrogen) atoms. The summed E-state index contributed by atoms with van der Waals surface area (Å²) < 4.78 is 22.4. The van der Waals surface area contributed by atoms with Gasteiger partial charge in [-0.05, 0) is 11.4 Å². The summed E-state index contributed by atoms with van der Waals surface area (Å²) in [6.07, 6.45) is 0. The molecule has 1 aromatic heterocycles. The monoisotopic (exact) mass is 187 g/mol. The third-order valence-electron chi connectivity index (χ3n) is 1.06. The number of hydrogen-bond donors (Lipinski definition) is 0. The zero-order valence-corrected chi connectivity index (χ0v) is 7.15. The lowest BCUT2D eigenvalue weighted by Gasteiger charge is -1.91. The van der Waals surface area contributed by atoms with Crippen LogP contribution in [0.25, 0.3) is 0 Å². The van der Waals surface area contributed by atoms with Gasteiger partial charge in [-0.3, -0.25) is 0 Å². The molecule has 1 rings (SSSR count). The van der Waals surface area contributed by atoms with Gasteiger partial charge in [-0.1, -0.05) is 6.07 Å². The summed E-state index contributed by atoms with van der Waals surface area (Å²) in [6.45, 7) is 0. The van der Waals surface area contributed by atoms with Crippen molar-refractivity contribution in [3.63, 3.8) is 0 Å². The molecule has 0 unspecified atom stereocenters. The largest absolute Gasteiger partial charge is 0.222 e. The van der Waals surface area contributed by atoms with Crippen LogP contribution in [0.5, 0.6) is 0 Å². The van der Waals surface area contributed by atoms with E-state index in [2.05, 4.69) is 0 Å². The lowest BCUT2D eigenvalue weighted by atomic mass is 10.7. The van der Waals surface area contributed by atoms with E-state index in [0.717, 1.165) is 11.3 Å². The summed E-state index contributed by atoms with van der Waals surface area (Å²) in [5, 5.41) is 9.85. The van der Waals surface area contributed by atoms with Gasteiger partial charge in [-0.2, -0.15) is 5.26 Å². The van der Waals surface area contributed by atoms with Gasteiger partial charge in [0.25, 0.3) is 0 Å². The fourth-order valence-electron chi connectivity index (χ4n) is 0.597. The van der Waals surface area contributed by atoms with E-state index < -0.39 is 15.6 Å². The Kier molecular flexibility index (Phi) is 2.27. The molecule has 0 amide bonds. The standard InChI is InChI=1S/C6H5NO2S2/c7-3-5-11(8,9)6-2-1-4-10-6/h1-2,4H,5H2. The van der Waals surface area contributed by atoms with Crippen molar-refractivity contribution >= 4 is 21.2 Å². The maximum Gasteiger partial charge on any atom is 0.201 e. The number of sulfone groups is 1. The Balaban J connectivity index is 3.04. The first-order valence-electron chi connectivity index (χ1n) is 2.80. The van der Waals surface area contributed by atoms with Crippen molar-refractivity contribution in [1.82, 2.24) is 0 Å². The third kappa shape index (κ3) is 1.79. The minimum Gasteiger partial charge on any atom is -0.222 e. The van der Waals surface area contributed by atoms with Gasteiger partial charge in [0.15, 0.2) is 0 Å². The van der Waals surface area contributed by atoms with Crippen molar-refractivity contribution in [1.29, 1.82) is 5.26 Å². The molecule has 0 saturated heterocycles. The molecule has 0 aliphatic carbocycles. The first-order valence-corrected chi connectivity index (χ1v) is 5.33. The summed E-state index contributed by atoms with van der Waals surface area (Å²) in [5.41, 5.74) is 0. The van der Waals surface area contributed by atoms with E-state index >= 15 is 0 Å². The van der Waals surface area contributed by atoms with E-state index in [4.69, 9.17) is 5.26 Å². The summed E-state index contributed by atoms with van der Waals surface area (Å²) in [4.78, 5) is 0. The van der Waals surface area contributed by atoms with E-state index in [0.29, 0.717) is 0 Å². The number of hydrogen-bond acceptors (Lipinski definition) is 4. The molecule has 0 aliphatic heterocycles. The molecule has 0 atom stereocenters. The number of nitrogens with zero attached hydrogens (tertiary/aromatic N) is 1. The summed E-state index contributed by atoms with van der Waals surface area (Å²) in [6, 6.07) is 4.76. The minimum atomic E-state index is -3.31. The lowest BCUT2D eigenvalue weighted by molar-refractivity contribution is 0.601. The van der Waals surface area contributed by atoms with Crippen molar-refractivity contribution in [3.8, 4) is 6.07 Å². The van der Waals surface area contributed by atoms with Crippen molar-refractivity contribution < 1.29 is 8.42 Å². The molecule has 1 heterocycles. The van der Waals surface area contributed by atoms with Crippen molar-refractivity contribution in [2.45, 2.75) is 4.21 Å². The second-order valence-electron chi connectivity index (χ2n) is 1.85. The van der Waals surface area contributed by atoms with Crippen LogP contribution in [-0.2, 0) is 9.84 Å². The van der Waals surface area contributed by atoms with E-state index in [1.807, 2.05) is 0 Å². The Morgan fingerprint density at radius 2 is 2.36 bits per heavy atom. The molecule has 0 N–H and O–H groups in total. The lowest BCUT2D eigenvalue weighted by Crippen LogP contribution is -2.01. The molecular formula is C6H5NO2S2. The fourth-order valence-corrected chi connectivity index (χ4v) is 2.57. The van der Waals surface area contributed by atoms with Gasteiger partial charge in [0.2, 0.25) is 9.84 Å². The molecular weight excluding hydrogens is 182 g/mol. The minimum absolute atomic E-state index is 0.263. The van der Waals surface area contributed by atoms with Gasteiger partial charge in [-0.15, -0.1) is 11.3 Å². The summed E-state index contributed by atoms with van der Waals surface area (Å²) in [7, 11) is -3.31. The summed E-state index contributed by atoms with van der Waals surface area (Å²) >= 11 is 1.13. The Hall–Kier alpha value is -0.860. The molecule has 0 radical (unpaired) electrons. The van der Waals surface area contributed by atoms with Gasteiger partial charge in [0, 0.05) is 0 Å². The summed E-state index contributed by atoms with van der Waals surface area (Å²) in [5.74, 6) is -0.437. The van der Waals surface area contributed by atoms with Crippen LogP contribution in [0, 0.1) is 11.3 Å². The zero-order chi connectivity index (χ0) is 8.32. The zero-order valence-electron chi connectivity index (χ0n) is 5.52. The molecule has 5 heteroatoms. The predicted molar refractivity (Wildman–Crippen MR) is 42.0 cm³/mol. The van der Waals surface area contributed by atoms with E-state index in [1.54, 1.807) is 17.5 Å². The molecule has 0 aromatic carbocycles. The first-order chi connectivity index (χ1) is 5.17. The van der Waals surface area contributed by atoms with Gasteiger partial charge in [-0.25, -0.2) is 8.42 Å². The number of thiophene rings is 1. The Morgan fingerprint density at radius 3 is 2.82 bits per heavy atom. The number of nitriles is 1. The van der Waals surface area contributed by atoms with Crippen LogP contribution in [0.2, 0.25) is 0 Å². The third-order valence-corrected chi connectivity index (χ3v) is 4.03. The van der Waals surface area contributed by atoms with Crippen LogP contribution in [-0.4, -0.2) is 14.2 Å². The van der Waals surface area contributed by atoms with E-state index in [1.165, 1.54) is 6.07 Å². The highest BCUT2D eigenvalue weighted by molar-refractivity contribution is 7.93. The van der Waals surface area contributed by atoms with E-state index in [-0.39, 0.29) is 4.21 Å². The molecule has 58 valence electrons. The average molecular weight is 187 g/mol. The highest BCUT2D eigenvalue weighted by Crippen LogP contribution is 2.16. The van der Waals surface area contributed by atoms with Crippen molar-refractivity contribution in [2.24, 2.45) is 0 Å². The number of rotatable bonds is 2. The second kappa shape index (κ2) is 3.03. The predicted octanol–water partition coefficient (Wildman–Crippen LogP) is 1.05. The van der Waals surface area contributed by atoms with Crippen molar-refractivity contribution in [3.05, 3.63) is 17.5 Å². The fraction of sp³-hybridized carbons (Fsp3) is 0.167. The van der Waals surface area contributed by atoms with Gasteiger partial charge in [0.1, 0.15) is 9.96 Å². The van der Waals surface area contributed by atoms with Gasteiger partial charge < -0.3 is 0 Å². The SMILES string of the molecule is N#CCS(=O)(=O)c1cccs1. The smallest absolute Gasteiger partial charge is 0.201 e. The molecule has 0 fully saturated rings. The van der Waals surface area contributed by atoms with Gasteiger partial charge >= 0.3 is 0 Å².